The Morgan fingerprint density at radius 2 is 2.05 bits per heavy atom. The van der Waals surface area contributed by atoms with E-state index in [1.165, 1.54) is 22.5 Å². The second-order valence-corrected chi connectivity index (χ2v) is 6.34. The quantitative estimate of drug-likeness (QED) is 0.798. The highest BCUT2D eigenvalue weighted by atomic mass is 32.1. The number of benzene rings is 1. The molecule has 0 bridgehead atoms. The van der Waals surface area contributed by atoms with Crippen molar-refractivity contribution in [2.45, 2.75) is 33.6 Å². The molecule has 1 aromatic carbocycles. The SMILES string of the molecule is CCc1nnc(NC(=O)Cc2coc3cc(C)c(C)cc23)s1. The summed E-state index contributed by atoms with van der Waals surface area (Å²) >= 11 is 1.40. The number of hydrogen-bond acceptors (Lipinski definition) is 5. The molecular weight excluding hydrogens is 298 g/mol. The minimum Gasteiger partial charge on any atom is -0.464 e. The molecule has 0 atom stereocenters. The Hall–Kier alpha value is -2.21. The maximum atomic E-state index is 12.2. The number of furan rings is 1. The molecule has 0 fully saturated rings. The van der Waals surface area contributed by atoms with Crippen molar-refractivity contribution in [1.82, 2.24) is 10.2 Å². The van der Waals surface area contributed by atoms with Gasteiger partial charge in [0.2, 0.25) is 11.0 Å². The summed E-state index contributed by atoms with van der Waals surface area (Å²) in [5.41, 5.74) is 4.07. The van der Waals surface area contributed by atoms with E-state index in [1.54, 1.807) is 6.26 Å². The number of anilines is 1. The number of nitrogens with one attached hydrogen (secondary N) is 1. The number of nitrogens with zero attached hydrogens (tertiary/aromatic N) is 2. The fourth-order valence-corrected chi connectivity index (χ4v) is 2.95. The highest BCUT2D eigenvalue weighted by molar-refractivity contribution is 7.15. The van der Waals surface area contributed by atoms with E-state index in [0.717, 1.165) is 28.0 Å². The lowest BCUT2D eigenvalue weighted by Crippen LogP contribution is -2.14. The van der Waals surface area contributed by atoms with Crippen LogP contribution in [0.1, 0.15) is 28.6 Å². The van der Waals surface area contributed by atoms with Crippen LogP contribution in [0.3, 0.4) is 0 Å². The van der Waals surface area contributed by atoms with Crippen LogP contribution in [0.15, 0.2) is 22.8 Å². The van der Waals surface area contributed by atoms with Crippen LogP contribution in [0, 0.1) is 13.8 Å². The molecule has 0 aliphatic rings. The summed E-state index contributed by atoms with van der Waals surface area (Å²) in [6.45, 7) is 6.11. The van der Waals surface area contributed by atoms with Crippen LogP contribution < -0.4 is 5.32 Å². The number of carbonyl (C=O) groups is 1. The topological polar surface area (TPSA) is 68.0 Å². The summed E-state index contributed by atoms with van der Waals surface area (Å²) < 4.78 is 5.55. The number of amides is 1. The molecule has 0 unspecified atom stereocenters. The summed E-state index contributed by atoms with van der Waals surface area (Å²) in [4.78, 5) is 12.2. The largest absolute Gasteiger partial charge is 0.464 e. The number of hydrogen-bond donors (Lipinski definition) is 1. The van der Waals surface area contributed by atoms with Crippen LogP contribution in [-0.4, -0.2) is 16.1 Å². The number of carbonyl (C=O) groups excluding carboxylic acids is 1. The zero-order valence-corrected chi connectivity index (χ0v) is 13.6. The van der Waals surface area contributed by atoms with Gasteiger partial charge in [-0.05, 0) is 43.5 Å². The lowest BCUT2D eigenvalue weighted by molar-refractivity contribution is -0.115. The average Bonchev–Trinajstić information content (AvgIpc) is 3.08. The molecule has 1 amide bonds. The minimum absolute atomic E-state index is 0.111. The Bertz CT molecular complexity index is 835. The van der Waals surface area contributed by atoms with Gasteiger partial charge in [-0.2, -0.15) is 0 Å². The second kappa shape index (κ2) is 5.88. The molecular formula is C16H17N3O2S. The highest BCUT2D eigenvalue weighted by Crippen LogP contribution is 2.25. The third kappa shape index (κ3) is 2.87. The predicted octanol–water partition coefficient (Wildman–Crippen LogP) is 3.64. The van der Waals surface area contributed by atoms with E-state index in [0.29, 0.717) is 5.13 Å². The fraction of sp³-hybridized carbons (Fsp3) is 0.312. The Morgan fingerprint density at radius 1 is 1.27 bits per heavy atom. The minimum atomic E-state index is -0.111. The van der Waals surface area contributed by atoms with Crippen LogP contribution in [0.4, 0.5) is 5.13 Å². The van der Waals surface area contributed by atoms with Gasteiger partial charge in [0.1, 0.15) is 10.6 Å². The van der Waals surface area contributed by atoms with Crippen molar-refractivity contribution in [2.75, 3.05) is 5.32 Å². The molecule has 6 heteroatoms. The summed E-state index contributed by atoms with van der Waals surface area (Å²) in [5.74, 6) is -0.111. The van der Waals surface area contributed by atoms with Crippen molar-refractivity contribution in [3.63, 3.8) is 0 Å². The lowest BCUT2D eigenvalue weighted by Gasteiger charge is -2.02. The first-order chi connectivity index (χ1) is 10.6. The summed E-state index contributed by atoms with van der Waals surface area (Å²) in [5, 5.41) is 13.2. The molecule has 0 saturated heterocycles. The van der Waals surface area contributed by atoms with Gasteiger partial charge < -0.3 is 9.73 Å². The van der Waals surface area contributed by atoms with Gasteiger partial charge in [-0.15, -0.1) is 10.2 Å². The van der Waals surface area contributed by atoms with E-state index in [-0.39, 0.29) is 12.3 Å². The molecule has 1 N–H and O–H groups in total. The van der Waals surface area contributed by atoms with Crippen LogP contribution >= 0.6 is 11.3 Å². The van der Waals surface area contributed by atoms with Gasteiger partial charge in [-0.1, -0.05) is 18.3 Å². The van der Waals surface area contributed by atoms with E-state index in [4.69, 9.17) is 4.42 Å². The van der Waals surface area contributed by atoms with Gasteiger partial charge in [0.05, 0.1) is 12.7 Å². The summed E-state index contributed by atoms with van der Waals surface area (Å²) in [7, 11) is 0. The van der Waals surface area contributed by atoms with E-state index >= 15 is 0 Å². The monoisotopic (exact) mass is 315 g/mol. The average molecular weight is 315 g/mol. The van der Waals surface area contributed by atoms with E-state index in [2.05, 4.69) is 28.5 Å². The van der Waals surface area contributed by atoms with Crippen molar-refractivity contribution in [1.29, 1.82) is 0 Å². The van der Waals surface area contributed by atoms with Crippen LogP contribution in [0.5, 0.6) is 0 Å². The smallest absolute Gasteiger partial charge is 0.230 e. The fourth-order valence-electron chi connectivity index (χ4n) is 2.26. The Labute approximate surface area is 132 Å². The van der Waals surface area contributed by atoms with Crippen molar-refractivity contribution in [3.05, 3.63) is 40.1 Å². The third-order valence-corrected chi connectivity index (χ3v) is 4.62. The van der Waals surface area contributed by atoms with Gasteiger partial charge in [-0.25, -0.2) is 0 Å². The predicted molar refractivity (Wildman–Crippen MR) is 87.3 cm³/mol. The molecule has 5 nitrogen and oxygen atoms in total. The molecule has 2 aromatic heterocycles. The molecule has 0 saturated carbocycles. The van der Waals surface area contributed by atoms with Crippen molar-refractivity contribution in [3.8, 4) is 0 Å². The van der Waals surface area contributed by atoms with Gasteiger partial charge in [0, 0.05) is 10.9 Å². The highest BCUT2D eigenvalue weighted by Gasteiger charge is 2.13. The van der Waals surface area contributed by atoms with E-state index in [1.807, 2.05) is 19.9 Å². The maximum absolute atomic E-state index is 12.2. The normalized spacial score (nSPS) is 11.0. The maximum Gasteiger partial charge on any atom is 0.230 e. The Kier molecular flexibility index (Phi) is 3.94. The lowest BCUT2D eigenvalue weighted by atomic mass is 10.0. The molecule has 22 heavy (non-hydrogen) atoms. The first-order valence-electron chi connectivity index (χ1n) is 7.16. The summed E-state index contributed by atoms with van der Waals surface area (Å²) in [6.07, 6.45) is 2.73. The molecule has 3 rings (SSSR count). The van der Waals surface area contributed by atoms with E-state index in [9.17, 15) is 4.79 Å². The molecule has 114 valence electrons. The standard InChI is InChI=1S/C16H17N3O2S/c1-4-15-18-19-16(22-15)17-14(20)7-11-8-21-13-6-10(3)9(2)5-12(11)13/h5-6,8H,4,7H2,1-3H3,(H,17,19,20). The Morgan fingerprint density at radius 3 is 2.77 bits per heavy atom. The molecule has 0 spiro atoms. The van der Waals surface area contributed by atoms with Crippen LogP contribution in [-0.2, 0) is 17.6 Å². The number of aromatic nitrogens is 2. The van der Waals surface area contributed by atoms with Crippen LogP contribution in [0.25, 0.3) is 11.0 Å². The van der Waals surface area contributed by atoms with Crippen molar-refractivity contribution >= 4 is 33.3 Å². The van der Waals surface area contributed by atoms with Crippen molar-refractivity contribution < 1.29 is 9.21 Å². The zero-order chi connectivity index (χ0) is 15.7. The first-order valence-corrected chi connectivity index (χ1v) is 7.98. The molecule has 0 aliphatic carbocycles. The zero-order valence-electron chi connectivity index (χ0n) is 12.8. The van der Waals surface area contributed by atoms with Crippen molar-refractivity contribution in [2.24, 2.45) is 0 Å². The van der Waals surface area contributed by atoms with Crippen LogP contribution in [0.2, 0.25) is 0 Å². The van der Waals surface area contributed by atoms with Gasteiger partial charge in [0.25, 0.3) is 0 Å². The summed E-state index contributed by atoms with van der Waals surface area (Å²) in [6, 6.07) is 4.07. The number of rotatable bonds is 4. The van der Waals surface area contributed by atoms with Gasteiger partial charge in [0.15, 0.2) is 0 Å². The molecule has 3 aromatic rings. The Balaban J connectivity index is 1.77. The molecule has 2 heterocycles. The molecule has 0 radical (unpaired) electrons. The van der Waals surface area contributed by atoms with Gasteiger partial charge in [-0.3, -0.25) is 4.79 Å². The molecule has 0 aliphatic heterocycles. The number of fused-ring (bicyclic) bond motifs is 1. The first kappa shape index (κ1) is 14.7. The van der Waals surface area contributed by atoms with E-state index < -0.39 is 0 Å². The number of aryl methyl sites for hydroxylation is 3. The second-order valence-electron chi connectivity index (χ2n) is 5.27. The third-order valence-electron chi connectivity index (χ3n) is 3.64. The van der Waals surface area contributed by atoms with Gasteiger partial charge >= 0.3 is 0 Å².